The normalized spacial score (nSPS) is 26.2. The predicted molar refractivity (Wildman–Crippen MR) is 126 cm³/mol. The van der Waals surface area contributed by atoms with E-state index in [0.29, 0.717) is 30.7 Å². The average molecular weight is 451 g/mol. The molecule has 8 heteroatoms. The van der Waals surface area contributed by atoms with Crippen molar-refractivity contribution in [3.63, 3.8) is 0 Å². The standard InChI is InChI=1S/C25H34N6O2/c1-14-9-27-22(7-19(14)20-10-28-31-13-25(3,4)8-21(20)31)29-23(32)16-5-17-11-30(12-18(17)6-16)24(33)15(2)26/h7,9-10,15-18H,5-6,8,11-13,26H2,1-4H3,(H,27,29,32)/t15-,16?,17-,18+/m0/s1. The summed E-state index contributed by atoms with van der Waals surface area (Å²) in [6.45, 7) is 10.7. The largest absolute Gasteiger partial charge is 0.341 e. The summed E-state index contributed by atoms with van der Waals surface area (Å²) < 4.78 is 2.10. The molecule has 33 heavy (non-hydrogen) atoms. The number of anilines is 1. The molecular formula is C25H34N6O2. The second-order valence-corrected chi connectivity index (χ2v) is 11.1. The summed E-state index contributed by atoms with van der Waals surface area (Å²) in [5.74, 6) is 1.34. The number of fused-ring (bicyclic) bond motifs is 2. The van der Waals surface area contributed by atoms with Crippen LogP contribution in [-0.4, -0.2) is 50.6 Å². The molecule has 3 aliphatic rings. The van der Waals surface area contributed by atoms with Gasteiger partial charge in [0.15, 0.2) is 0 Å². The van der Waals surface area contributed by atoms with E-state index in [2.05, 4.69) is 33.9 Å². The van der Waals surface area contributed by atoms with Crippen LogP contribution in [0, 0.1) is 30.1 Å². The van der Waals surface area contributed by atoms with Crippen LogP contribution in [0.1, 0.15) is 44.9 Å². The second kappa shape index (κ2) is 7.94. The number of carbonyl (C=O) groups excluding carboxylic acids is 2. The van der Waals surface area contributed by atoms with Gasteiger partial charge in [-0.2, -0.15) is 5.10 Å². The van der Waals surface area contributed by atoms with Gasteiger partial charge in [0, 0.05) is 43.0 Å². The lowest BCUT2D eigenvalue weighted by Crippen LogP contribution is -2.41. The summed E-state index contributed by atoms with van der Waals surface area (Å²) in [4.78, 5) is 31.6. The summed E-state index contributed by atoms with van der Waals surface area (Å²) in [5.41, 5.74) is 10.5. The van der Waals surface area contributed by atoms with E-state index in [0.717, 1.165) is 42.5 Å². The SMILES string of the molecule is Cc1cnc(NC(=O)C2C[C@@H]3CN(C(=O)[C@H](C)N)C[C@@H]3C2)cc1-c1cnn2c1CC(C)(C)C2. The smallest absolute Gasteiger partial charge is 0.239 e. The molecule has 0 radical (unpaired) electrons. The molecule has 2 aromatic rings. The zero-order chi connectivity index (χ0) is 23.5. The van der Waals surface area contributed by atoms with Crippen molar-refractivity contribution in [1.29, 1.82) is 0 Å². The predicted octanol–water partition coefficient (Wildman–Crippen LogP) is 2.61. The molecule has 1 unspecified atom stereocenters. The van der Waals surface area contributed by atoms with Gasteiger partial charge in [0.2, 0.25) is 11.8 Å². The van der Waals surface area contributed by atoms with Crippen LogP contribution in [0.2, 0.25) is 0 Å². The minimum Gasteiger partial charge on any atom is -0.341 e. The molecule has 2 aliphatic heterocycles. The van der Waals surface area contributed by atoms with Crippen LogP contribution >= 0.6 is 0 Å². The summed E-state index contributed by atoms with van der Waals surface area (Å²) in [7, 11) is 0. The number of nitrogens with zero attached hydrogens (tertiary/aromatic N) is 4. The number of likely N-dealkylation sites (tertiary alicyclic amines) is 1. The third kappa shape index (κ3) is 4.05. The number of pyridine rings is 1. The monoisotopic (exact) mass is 450 g/mol. The van der Waals surface area contributed by atoms with Gasteiger partial charge >= 0.3 is 0 Å². The van der Waals surface area contributed by atoms with Crippen molar-refractivity contribution in [2.24, 2.45) is 28.9 Å². The molecule has 0 aromatic carbocycles. The molecular weight excluding hydrogens is 416 g/mol. The Hall–Kier alpha value is -2.74. The van der Waals surface area contributed by atoms with Gasteiger partial charge in [-0.05, 0) is 67.6 Å². The minimum absolute atomic E-state index is 0.0109. The van der Waals surface area contributed by atoms with Crippen molar-refractivity contribution < 1.29 is 9.59 Å². The first-order valence-corrected chi connectivity index (χ1v) is 12.0. The summed E-state index contributed by atoms with van der Waals surface area (Å²) in [5, 5.41) is 7.66. The Bertz CT molecular complexity index is 1090. The fourth-order valence-electron chi connectivity index (χ4n) is 5.97. The van der Waals surface area contributed by atoms with Crippen LogP contribution in [0.3, 0.4) is 0 Å². The zero-order valence-corrected chi connectivity index (χ0v) is 20.0. The topological polar surface area (TPSA) is 106 Å². The third-order valence-corrected chi connectivity index (χ3v) is 7.64. The van der Waals surface area contributed by atoms with Crippen LogP contribution in [0.15, 0.2) is 18.5 Å². The van der Waals surface area contributed by atoms with Gasteiger partial charge in [-0.15, -0.1) is 0 Å². The molecule has 5 rings (SSSR count). The fraction of sp³-hybridized carbons (Fsp3) is 0.600. The number of hydrogen-bond acceptors (Lipinski definition) is 5. The molecule has 4 atom stereocenters. The van der Waals surface area contributed by atoms with E-state index in [9.17, 15) is 9.59 Å². The summed E-state index contributed by atoms with van der Waals surface area (Å²) >= 11 is 0. The van der Waals surface area contributed by atoms with Crippen LogP contribution in [0.25, 0.3) is 11.1 Å². The highest BCUT2D eigenvalue weighted by atomic mass is 16.2. The number of aromatic nitrogens is 3. The summed E-state index contributed by atoms with van der Waals surface area (Å²) in [6, 6.07) is 1.52. The van der Waals surface area contributed by atoms with Gasteiger partial charge < -0.3 is 16.0 Å². The molecule has 176 valence electrons. The Balaban J connectivity index is 1.27. The average Bonchev–Trinajstić information content (AvgIpc) is 3.47. The van der Waals surface area contributed by atoms with E-state index in [-0.39, 0.29) is 23.1 Å². The van der Waals surface area contributed by atoms with E-state index < -0.39 is 6.04 Å². The van der Waals surface area contributed by atoms with Crippen LogP contribution in [-0.2, 0) is 22.6 Å². The Morgan fingerprint density at radius 3 is 2.55 bits per heavy atom. The zero-order valence-electron chi connectivity index (χ0n) is 20.0. The van der Waals surface area contributed by atoms with Crippen molar-refractivity contribution in [2.75, 3.05) is 18.4 Å². The van der Waals surface area contributed by atoms with Gasteiger partial charge in [0.25, 0.3) is 0 Å². The lowest BCUT2D eigenvalue weighted by Gasteiger charge is -2.21. The Labute approximate surface area is 194 Å². The summed E-state index contributed by atoms with van der Waals surface area (Å²) in [6.07, 6.45) is 6.37. The van der Waals surface area contributed by atoms with Crippen molar-refractivity contribution in [1.82, 2.24) is 19.7 Å². The molecule has 8 nitrogen and oxygen atoms in total. The van der Waals surface area contributed by atoms with Crippen molar-refractivity contribution >= 4 is 17.6 Å². The van der Waals surface area contributed by atoms with E-state index >= 15 is 0 Å². The Kier molecular flexibility index (Phi) is 5.31. The van der Waals surface area contributed by atoms with Crippen molar-refractivity contribution in [3.05, 3.63) is 29.7 Å². The maximum atomic E-state index is 13.1. The Morgan fingerprint density at radius 1 is 1.18 bits per heavy atom. The van der Waals surface area contributed by atoms with Crippen LogP contribution < -0.4 is 11.1 Å². The second-order valence-electron chi connectivity index (χ2n) is 11.1. The van der Waals surface area contributed by atoms with Gasteiger partial charge in [-0.1, -0.05) is 13.8 Å². The third-order valence-electron chi connectivity index (χ3n) is 7.64. The van der Waals surface area contributed by atoms with Gasteiger partial charge in [0.05, 0.1) is 12.2 Å². The number of nitrogens with one attached hydrogen (secondary N) is 1. The number of amides is 2. The van der Waals surface area contributed by atoms with E-state index in [1.54, 1.807) is 6.92 Å². The fourth-order valence-corrected chi connectivity index (χ4v) is 5.97. The highest BCUT2D eigenvalue weighted by Gasteiger charge is 2.44. The molecule has 0 bridgehead atoms. The first-order valence-electron chi connectivity index (χ1n) is 12.0. The first-order chi connectivity index (χ1) is 15.6. The highest BCUT2D eigenvalue weighted by molar-refractivity contribution is 5.92. The van der Waals surface area contributed by atoms with E-state index in [1.165, 1.54) is 5.69 Å². The molecule has 3 N–H and O–H groups in total. The minimum atomic E-state index is -0.465. The van der Waals surface area contributed by atoms with Gasteiger partial charge in [-0.25, -0.2) is 4.98 Å². The van der Waals surface area contributed by atoms with Crippen molar-refractivity contribution in [3.8, 4) is 11.1 Å². The molecule has 2 fully saturated rings. The number of rotatable bonds is 4. The maximum absolute atomic E-state index is 13.1. The quantitative estimate of drug-likeness (QED) is 0.745. The molecule has 4 heterocycles. The number of carbonyl (C=O) groups is 2. The Morgan fingerprint density at radius 2 is 1.88 bits per heavy atom. The molecule has 1 saturated carbocycles. The molecule has 1 saturated heterocycles. The first kappa shape index (κ1) is 22.1. The molecule has 1 aliphatic carbocycles. The number of nitrogens with two attached hydrogens (primary N) is 1. The highest BCUT2D eigenvalue weighted by Crippen LogP contribution is 2.42. The van der Waals surface area contributed by atoms with Crippen LogP contribution in [0.5, 0.6) is 0 Å². The maximum Gasteiger partial charge on any atom is 0.239 e. The molecule has 2 aromatic heterocycles. The number of hydrogen-bond donors (Lipinski definition) is 2. The van der Waals surface area contributed by atoms with E-state index in [4.69, 9.17) is 5.73 Å². The lowest BCUT2D eigenvalue weighted by molar-refractivity contribution is -0.131. The molecule has 0 spiro atoms. The van der Waals surface area contributed by atoms with Crippen LogP contribution in [0.4, 0.5) is 5.82 Å². The van der Waals surface area contributed by atoms with E-state index in [1.807, 2.05) is 30.3 Å². The number of aryl methyl sites for hydroxylation is 1. The molecule has 2 amide bonds. The van der Waals surface area contributed by atoms with Gasteiger partial charge in [-0.3, -0.25) is 14.3 Å². The van der Waals surface area contributed by atoms with Crippen molar-refractivity contribution in [2.45, 2.75) is 59.5 Å². The lowest BCUT2D eigenvalue weighted by atomic mass is 9.89. The van der Waals surface area contributed by atoms with Gasteiger partial charge in [0.1, 0.15) is 5.82 Å².